The average molecular weight is 484 g/mol. The van der Waals surface area contributed by atoms with Gasteiger partial charge in [0.1, 0.15) is 17.0 Å². The van der Waals surface area contributed by atoms with Crippen molar-refractivity contribution in [2.24, 2.45) is 0 Å². The van der Waals surface area contributed by atoms with E-state index >= 15 is 0 Å². The van der Waals surface area contributed by atoms with Crippen molar-refractivity contribution in [3.05, 3.63) is 47.5 Å². The van der Waals surface area contributed by atoms with Crippen LogP contribution in [0.15, 0.2) is 36.4 Å². The molecule has 6 nitrogen and oxygen atoms in total. The van der Waals surface area contributed by atoms with E-state index in [1.54, 1.807) is 23.3 Å². The number of carbonyl (C=O) groups excluding carboxylic acids is 1. The number of anilines is 1. The second-order valence-corrected chi connectivity index (χ2v) is 9.30. The molecule has 0 atom stereocenters. The highest BCUT2D eigenvalue weighted by Crippen LogP contribution is 2.36. The minimum atomic E-state index is -0.0552. The second kappa shape index (κ2) is 12.7. The van der Waals surface area contributed by atoms with Gasteiger partial charge in [0.05, 0.1) is 18.4 Å². The van der Waals surface area contributed by atoms with Crippen LogP contribution in [0.4, 0.5) is 5.13 Å². The van der Waals surface area contributed by atoms with Crippen LogP contribution in [0.25, 0.3) is 10.2 Å². The number of likely N-dealkylation sites (N-methyl/N-ethyl adjacent to an activating group) is 1. The first-order chi connectivity index (χ1) is 16.5. The smallest absolute Gasteiger partial charge is 0.260 e. The number of aromatic nitrogens is 1. The molecule has 0 aliphatic carbocycles. The fourth-order valence-electron chi connectivity index (χ4n) is 3.84. The number of hydrogen-bond donors (Lipinski definition) is 0. The molecule has 0 fully saturated rings. The van der Waals surface area contributed by atoms with Crippen molar-refractivity contribution < 1.29 is 14.3 Å². The Bertz CT molecular complexity index is 1060. The lowest BCUT2D eigenvalue weighted by Gasteiger charge is -2.24. The van der Waals surface area contributed by atoms with Crippen molar-refractivity contribution in [2.75, 3.05) is 44.8 Å². The molecule has 184 valence electrons. The molecular weight excluding hydrogens is 446 g/mol. The maximum Gasteiger partial charge on any atom is 0.260 e. The summed E-state index contributed by atoms with van der Waals surface area (Å²) in [5, 5.41) is 0.694. The van der Waals surface area contributed by atoms with E-state index in [9.17, 15) is 4.79 Å². The number of methoxy groups -OCH3 is 1. The Morgan fingerprint density at radius 1 is 1.00 bits per heavy atom. The van der Waals surface area contributed by atoms with E-state index in [1.807, 2.05) is 36.4 Å². The van der Waals surface area contributed by atoms with Crippen molar-refractivity contribution in [3.63, 3.8) is 0 Å². The molecule has 0 unspecified atom stereocenters. The molecule has 0 saturated heterocycles. The number of thiazole rings is 1. The molecule has 0 aliphatic heterocycles. The van der Waals surface area contributed by atoms with Crippen LogP contribution in [-0.4, -0.2) is 55.7 Å². The van der Waals surface area contributed by atoms with Gasteiger partial charge in [-0.1, -0.05) is 51.0 Å². The van der Waals surface area contributed by atoms with Crippen LogP contribution in [-0.2, 0) is 0 Å². The lowest BCUT2D eigenvalue weighted by molar-refractivity contribution is 0.0983. The fourth-order valence-corrected chi connectivity index (χ4v) is 4.91. The van der Waals surface area contributed by atoms with E-state index < -0.39 is 0 Å². The number of unbranched alkanes of at least 4 members (excludes halogenated alkanes) is 2. The number of ether oxygens (including phenoxy) is 2. The summed E-state index contributed by atoms with van der Waals surface area (Å²) in [5.41, 5.74) is 2.56. The van der Waals surface area contributed by atoms with Crippen LogP contribution >= 0.6 is 11.3 Å². The van der Waals surface area contributed by atoms with E-state index in [0.717, 1.165) is 66.2 Å². The Labute approximate surface area is 207 Å². The van der Waals surface area contributed by atoms with Gasteiger partial charge in [-0.25, -0.2) is 4.98 Å². The number of rotatable bonds is 13. The van der Waals surface area contributed by atoms with Gasteiger partial charge in [0.15, 0.2) is 5.13 Å². The highest BCUT2D eigenvalue weighted by molar-refractivity contribution is 7.22. The Kier molecular flexibility index (Phi) is 9.72. The monoisotopic (exact) mass is 483 g/mol. The third kappa shape index (κ3) is 6.27. The maximum absolute atomic E-state index is 13.7. The number of amides is 1. The van der Waals surface area contributed by atoms with Gasteiger partial charge < -0.3 is 14.4 Å². The molecule has 7 heteroatoms. The van der Waals surface area contributed by atoms with Gasteiger partial charge in [-0.15, -0.1) is 0 Å². The van der Waals surface area contributed by atoms with E-state index in [4.69, 9.17) is 14.5 Å². The van der Waals surface area contributed by atoms with Crippen LogP contribution in [0, 0.1) is 6.92 Å². The average Bonchev–Trinajstić information content (AvgIpc) is 3.31. The SMILES string of the molecule is CCCCCOc1ccc(C(=O)N(CCN(CC)CC)c2nc3c(OC)ccc(C)c3s2)cc1. The topological polar surface area (TPSA) is 54.9 Å². The van der Waals surface area contributed by atoms with Crippen molar-refractivity contribution in [2.45, 2.75) is 47.0 Å². The molecule has 1 aromatic heterocycles. The first-order valence-electron chi connectivity index (χ1n) is 12.2. The summed E-state index contributed by atoms with van der Waals surface area (Å²) in [4.78, 5) is 22.6. The van der Waals surface area contributed by atoms with Gasteiger partial charge in [-0.2, -0.15) is 0 Å². The van der Waals surface area contributed by atoms with Crippen LogP contribution in [0.1, 0.15) is 56.0 Å². The molecule has 3 rings (SSSR count). The first kappa shape index (κ1) is 26.0. The fraction of sp³-hybridized carbons (Fsp3) is 0.481. The van der Waals surface area contributed by atoms with Crippen LogP contribution < -0.4 is 14.4 Å². The van der Waals surface area contributed by atoms with Crippen LogP contribution in [0.3, 0.4) is 0 Å². The van der Waals surface area contributed by atoms with Gasteiger partial charge in [0, 0.05) is 18.7 Å². The summed E-state index contributed by atoms with van der Waals surface area (Å²) in [6.07, 6.45) is 3.36. The molecule has 3 aromatic rings. The Balaban J connectivity index is 1.88. The lowest BCUT2D eigenvalue weighted by atomic mass is 10.2. The standard InChI is InChI=1S/C27H37N3O3S/c1-6-9-10-19-33-22-14-12-21(13-15-22)26(31)30(18-17-29(7-2)8-3)27-28-24-23(32-5)16-11-20(4)25(24)34-27/h11-16H,6-10,17-19H2,1-5H3. The van der Waals surface area contributed by atoms with Crippen LogP contribution in [0.5, 0.6) is 11.5 Å². The number of nitrogens with zero attached hydrogens (tertiary/aromatic N) is 3. The molecular formula is C27H37N3O3S. The summed E-state index contributed by atoms with van der Waals surface area (Å²) < 4.78 is 12.4. The normalized spacial score (nSPS) is 11.2. The molecule has 2 aromatic carbocycles. The maximum atomic E-state index is 13.7. The minimum absolute atomic E-state index is 0.0552. The third-order valence-corrected chi connectivity index (χ3v) is 7.25. The highest BCUT2D eigenvalue weighted by Gasteiger charge is 2.23. The number of benzene rings is 2. The zero-order chi connectivity index (χ0) is 24.5. The molecule has 0 aliphatic rings. The minimum Gasteiger partial charge on any atom is -0.494 e. The van der Waals surface area contributed by atoms with Crippen LogP contribution in [0.2, 0.25) is 0 Å². The molecule has 0 spiro atoms. The molecule has 0 saturated carbocycles. The summed E-state index contributed by atoms with van der Waals surface area (Å²) in [6.45, 7) is 12.4. The number of hydrogen-bond acceptors (Lipinski definition) is 6. The summed E-state index contributed by atoms with van der Waals surface area (Å²) in [7, 11) is 1.65. The van der Waals surface area contributed by atoms with E-state index in [2.05, 4.69) is 32.6 Å². The van der Waals surface area contributed by atoms with E-state index in [1.165, 1.54) is 0 Å². The van der Waals surface area contributed by atoms with Gasteiger partial charge >= 0.3 is 0 Å². The zero-order valence-corrected chi connectivity index (χ0v) is 21.9. The molecule has 0 N–H and O–H groups in total. The second-order valence-electron chi connectivity index (χ2n) is 8.32. The Hall–Kier alpha value is -2.64. The predicted molar refractivity (Wildman–Crippen MR) is 142 cm³/mol. The van der Waals surface area contributed by atoms with Crippen molar-refractivity contribution in [3.8, 4) is 11.5 Å². The zero-order valence-electron chi connectivity index (χ0n) is 21.1. The summed E-state index contributed by atoms with van der Waals surface area (Å²) in [5.74, 6) is 1.46. The van der Waals surface area contributed by atoms with E-state index in [-0.39, 0.29) is 5.91 Å². The van der Waals surface area contributed by atoms with Gasteiger partial charge in [0.2, 0.25) is 0 Å². The number of aryl methyl sites for hydroxylation is 1. The predicted octanol–water partition coefficient (Wildman–Crippen LogP) is 6.17. The molecule has 1 heterocycles. The molecule has 34 heavy (non-hydrogen) atoms. The molecule has 0 radical (unpaired) electrons. The molecule has 0 bridgehead atoms. The summed E-state index contributed by atoms with van der Waals surface area (Å²) >= 11 is 1.54. The first-order valence-corrected chi connectivity index (χ1v) is 13.0. The van der Waals surface area contributed by atoms with Gasteiger partial charge in [-0.3, -0.25) is 9.69 Å². The largest absolute Gasteiger partial charge is 0.494 e. The van der Waals surface area contributed by atoms with Gasteiger partial charge in [0.25, 0.3) is 5.91 Å². The van der Waals surface area contributed by atoms with Crippen molar-refractivity contribution in [1.29, 1.82) is 0 Å². The van der Waals surface area contributed by atoms with E-state index in [0.29, 0.717) is 23.8 Å². The summed E-state index contributed by atoms with van der Waals surface area (Å²) in [6, 6.07) is 11.4. The van der Waals surface area contributed by atoms with Crippen molar-refractivity contribution >= 4 is 32.6 Å². The number of carbonyl (C=O) groups is 1. The van der Waals surface area contributed by atoms with Crippen molar-refractivity contribution in [1.82, 2.24) is 9.88 Å². The quantitative estimate of drug-likeness (QED) is 0.272. The Morgan fingerprint density at radius 3 is 2.38 bits per heavy atom. The lowest BCUT2D eigenvalue weighted by Crippen LogP contribution is -2.38. The number of fused-ring (bicyclic) bond motifs is 1. The third-order valence-electron chi connectivity index (χ3n) is 6.04. The molecule has 1 amide bonds. The highest BCUT2D eigenvalue weighted by atomic mass is 32.1. The Morgan fingerprint density at radius 2 is 1.74 bits per heavy atom. The van der Waals surface area contributed by atoms with Gasteiger partial charge in [-0.05, 0) is 62.3 Å².